The van der Waals surface area contributed by atoms with Crippen molar-refractivity contribution in [1.82, 2.24) is 9.97 Å². The molecule has 3 rings (SSSR count). The van der Waals surface area contributed by atoms with Crippen molar-refractivity contribution >= 4 is 22.4 Å². The van der Waals surface area contributed by atoms with E-state index in [4.69, 9.17) is 19.5 Å². The fourth-order valence-electron chi connectivity index (χ4n) is 2.52. The number of nitrogens with zero attached hydrogens (tertiary/aromatic N) is 3. The molecule has 25 heavy (non-hydrogen) atoms. The first-order chi connectivity index (χ1) is 12.2. The Kier molecular flexibility index (Phi) is 4.53. The molecule has 3 aromatic rings. The second kappa shape index (κ2) is 6.93. The van der Waals surface area contributed by atoms with Gasteiger partial charge in [0, 0.05) is 23.2 Å². The third kappa shape index (κ3) is 3.10. The summed E-state index contributed by atoms with van der Waals surface area (Å²) in [6.45, 7) is 0. The van der Waals surface area contributed by atoms with Crippen molar-refractivity contribution in [3.63, 3.8) is 0 Å². The Morgan fingerprint density at radius 3 is 2.28 bits per heavy atom. The predicted molar refractivity (Wildman–Crippen MR) is 93.6 cm³/mol. The quantitative estimate of drug-likeness (QED) is 0.764. The van der Waals surface area contributed by atoms with Crippen LogP contribution in [0.15, 0.2) is 36.7 Å². The van der Waals surface area contributed by atoms with Crippen LogP contribution in [0.4, 0.5) is 11.5 Å². The van der Waals surface area contributed by atoms with E-state index in [2.05, 4.69) is 21.4 Å². The van der Waals surface area contributed by atoms with Crippen LogP contribution in [0.5, 0.6) is 17.2 Å². The molecule has 0 saturated carbocycles. The molecular weight excluding hydrogens is 320 g/mol. The summed E-state index contributed by atoms with van der Waals surface area (Å²) in [7, 11) is 4.67. The number of ether oxygens (including phenoxy) is 3. The SMILES string of the molecule is COc1cc(Nc2ncnc3cc(C#N)ccc23)cc(OC)c1OC. The zero-order valence-corrected chi connectivity index (χ0v) is 14.0. The van der Waals surface area contributed by atoms with Crippen LogP contribution < -0.4 is 19.5 Å². The minimum absolute atomic E-state index is 0.516. The van der Waals surface area contributed by atoms with Crippen molar-refractivity contribution in [2.24, 2.45) is 0 Å². The van der Waals surface area contributed by atoms with Crippen LogP contribution in [-0.2, 0) is 0 Å². The van der Waals surface area contributed by atoms with Gasteiger partial charge in [-0.2, -0.15) is 5.26 Å². The van der Waals surface area contributed by atoms with Gasteiger partial charge in [-0.25, -0.2) is 9.97 Å². The monoisotopic (exact) mass is 336 g/mol. The summed E-state index contributed by atoms with van der Waals surface area (Å²) in [6.07, 6.45) is 1.45. The molecule has 0 aliphatic heterocycles. The van der Waals surface area contributed by atoms with E-state index in [1.807, 2.05) is 6.07 Å². The number of benzene rings is 2. The third-order valence-electron chi connectivity index (χ3n) is 3.69. The van der Waals surface area contributed by atoms with Crippen molar-refractivity contribution in [2.75, 3.05) is 26.6 Å². The number of rotatable bonds is 5. The van der Waals surface area contributed by atoms with Crippen LogP contribution in [0.3, 0.4) is 0 Å². The van der Waals surface area contributed by atoms with E-state index in [0.29, 0.717) is 34.1 Å². The molecule has 0 fully saturated rings. The van der Waals surface area contributed by atoms with Gasteiger partial charge in [-0.3, -0.25) is 0 Å². The van der Waals surface area contributed by atoms with Crippen molar-refractivity contribution < 1.29 is 14.2 Å². The highest BCUT2D eigenvalue weighted by Crippen LogP contribution is 2.40. The fraction of sp³-hybridized carbons (Fsp3) is 0.167. The molecule has 126 valence electrons. The number of nitriles is 1. The maximum atomic E-state index is 9.02. The number of hydrogen-bond donors (Lipinski definition) is 1. The average Bonchev–Trinajstić information content (AvgIpc) is 2.66. The van der Waals surface area contributed by atoms with E-state index in [1.165, 1.54) is 6.33 Å². The van der Waals surface area contributed by atoms with Gasteiger partial charge in [-0.15, -0.1) is 0 Å². The largest absolute Gasteiger partial charge is 0.493 e. The molecule has 1 aromatic heterocycles. The van der Waals surface area contributed by atoms with Crippen LogP contribution in [-0.4, -0.2) is 31.3 Å². The van der Waals surface area contributed by atoms with Crippen molar-refractivity contribution in [1.29, 1.82) is 5.26 Å². The highest BCUT2D eigenvalue weighted by molar-refractivity contribution is 5.91. The Balaban J connectivity index is 2.06. The maximum Gasteiger partial charge on any atom is 0.203 e. The van der Waals surface area contributed by atoms with E-state index in [9.17, 15) is 0 Å². The zero-order valence-electron chi connectivity index (χ0n) is 14.0. The molecule has 1 N–H and O–H groups in total. The van der Waals surface area contributed by atoms with Gasteiger partial charge in [0.15, 0.2) is 11.5 Å². The van der Waals surface area contributed by atoms with Gasteiger partial charge in [0.1, 0.15) is 12.1 Å². The summed E-state index contributed by atoms with van der Waals surface area (Å²) in [4.78, 5) is 8.51. The normalized spacial score (nSPS) is 10.2. The van der Waals surface area contributed by atoms with Crippen LogP contribution in [0.2, 0.25) is 0 Å². The van der Waals surface area contributed by atoms with Crippen molar-refractivity contribution in [2.45, 2.75) is 0 Å². The molecule has 0 amide bonds. The minimum atomic E-state index is 0.516. The molecule has 0 aliphatic rings. The minimum Gasteiger partial charge on any atom is -0.493 e. The molecular formula is C18H16N4O3. The van der Waals surface area contributed by atoms with E-state index in [-0.39, 0.29) is 0 Å². The second-order valence-corrected chi connectivity index (χ2v) is 5.11. The highest BCUT2D eigenvalue weighted by atomic mass is 16.5. The Morgan fingerprint density at radius 2 is 1.68 bits per heavy atom. The number of hydrogen-bond acceptors (Lipinski definition) is 7. The first kappa shape index (κ1) is 16.3. The third-order valence-corrected chi connectivity index (χ3v) is 3.69. The number of aromatic nitrogens is 2. The van der Waals surface area contributed by atoms with E-state index in [1.54, 1.807) is 45.6 Å². The summed E-state index contributed by atoms with van der Waals surface area (Å²) in [5, 5.41) is 13.1. The van der Waals surface area contributed by atoms with E-state index >= 15 is 0 Å². The van der Waals surface area contributed by atoms with Crippen LogP contribution >= 0.6 is 0 Å². The first-order valence-electron chi connectivity index (χ1n) is 7.42. The lowest BCUT2D eigenvalue weighted by Gasteiger charge is -2.15. The topological polar surface area (TPSA) is 89.3 Å². The lowest BCUT2D eigenvalue weighted by molar-refractivity contribution is 0.324. The smallest absolute Gasteiger partial charge is 0.203 e. The average molecular weight is 336 g/mol. The maximum absolute atomic E-state index is 9.02. The molecule has 0 bridgehead atoms. The zero-order chi connectivity index (χ0) is 17.8. The fourth-order valence-corrected chi connectivity index (χ4v) is 2.52. The number of nitrogens with one attached hydrogen (secondary N) is 1. The Bertz CT molecular complexity index is 941. The molecule has 1 heterocycles. The molecule has 0 aliphatic carbocycles. The van der Waals surface area contributed by atoms with Crippen LogP contribution in [0, 0.1) is 11.3 Å². The van der Waals surface area contributed by atoms with E-state index in [0.717, 1.165) is 11.1 Å². The number of fused-ring (bicyclic) bond motifs is 1. The predicted octanol–water partition coefficient (Wildman–Crippen LogP) is 3.27. The molecule has 0 unspecified atom stereocenters. The van der Waals surface area contributed by atoms with Gasteiger partial charge in [0.05, 0.1) is 38.5 Å². The molecule has 0 spiro atoms. The summed E-state index contributed by atoms with van der Waals surface area (Å²) < 4.78 is 16.0. The standard InChI is InChI=1S/C18H16N4O3/c1-23-15-7-12(8-16(24-2)17(15)25-3)22-18-13-5-4-11(9-19)6-14(13)20-10-21-18/h4-8,10H,1-3H3,(H,20,21,22). The highest BCUT2D eigenvalue weighted by Gasteiger charge is 2.14. The number of anilines is 2. The van der Waals surface area contributed by atoms with Crippen LogP contribution in [0.25, 0.3) is 10.9 Å². The van der Waals surface area contributed by atoms with Crippen molar-refractivity contribution in [3.05, 3.63) is 42.2 Å². The summed E-state index contributed by atoms with van der Waals surface area (Å²) in [5.74, 6) is 2.20. The molecule has 2 aromatic carbocycles. The molecule has 7 nitrogen and oxygen atoms in total. The number of methoxy groups -OCH3 is 3. The van der Waals surface area contributed by atoms with Crippen molar-refractivity contribution in [3.8, 4) is 23.3 Å². The molecule has 0 saturated heterocycles. The Labute approximate surface area is 144 Å². The van der Waals surface area contributed by atoms with Gasteiger partial charge in [-0.05, 0) is 18.2 Å². The van der Waals surface area contributed by atoms with E-state index < -0.39 is 0 Å². The van der Waals surface area contributed by atoms with Gasteiger partial charge in [0.25, 0.3) is 0 Å². The molecule has 0 atom stereocenters. The second-order valence-electron chi connectivity index (χ2n) is 5.11. The Morgan fingerprint density at radius 1 is 0.960 bits per heavy atom. The first-order valence-corrected chi connectivity index (χ1v) is 7.42. The summed E-state index contributed by atoms with van der Waals surface area (Å²) in [5.41, 5.74) is 1.95. The van der Waals surface area contributed by atoms with Crippen LogP contribution in [0.1, 0.15) is 5.56 Å². The summed E-state index contributed by atoms with van der Waals surface area (Å²) in [6, 6.07) is 10.9. The molecule has 7 heteroatoms. The van der Waals surface area contributed by atoms with Gasteiger partial charge in [-0.1, -0.05) is 0 Å². The Hall–Kier alpha value is -3.53. The lowest BCUT2D eigenvalue weighted by atomic mass is 10.1. The van der Waals surface area contributed by atoms with Gasteiger partial charge < -0.3 is 19.5 Å². The summed E-state index contributed by atoms with van der Waals surface area (Å²) >= 11 is 0. The van der Waals surface area contributed by atoms with Gasteiger partial charge in [0.2, 0.25) is 5.75 Å². The van der Waals surface area contributed by atoms with Gasteiger partial charge >= 0.3 is 0 Å². The lowest BCUT2D eigenvalue weighted by Crippen LogP contribution is -2.00. The molecule has 0 radical (unpaired) electrons.